The summed E-state index contributed by atoms with van der Waals surface area (Å²) in [6, 6.07) is 8.41. The first-order valence-corrected chi connectivity index (χ1v) is 10.2. The molecule has 0 saturated heterocycles. The standard InChI is InChI=1S/C19H24N2O5S/c1-3-9-26-18-11-20-14(10-16(18)22)12-27(24)13-19(23)21-15-7-5-6-8-17(15)25-4-2/h5-8,10-11H,3-4,9,12-13H2,1-2H3,(H,20,22)(H,21,23). The fourth-order valence-electron chi connectivity index (χ4n) is 2.32. The molecule has 0 aliphatic carbocycles. The summed E-state index contributed by atoms with van der Waals surface area (Å²) < 4.78 is 23.0. The maximum atomic E-state index is 12.3. The van der Waals surface area contributed by atoms with Gasteiger partial charge < -0.3 is 19.8 Å². The number of aromatic amines is 1. The SMILES string of the molecule is CCCOc1c[nH]c(CS(=O)CC(=O)Nc2ccccc2OCC)cc1=O. The molecular formula is C19H24N2O5S. The number of carbonyl (C=O) groups excluding carboxylic acids is 1. The summed E-state index contributed by atoms with van der Waals surface area (Å²) >= 11 is 0. The van der Waals surface area contributed by atoms with E-state index in [9.17, 15) is 13.8 Å². The summed E-state index contributed by atoms with van der Waals surface area (Å²) in [7, 11) is -1.47. The van der Waals surface area contributed by atoms with Gasteiger partial charge >= 0.3 is 0 Å². The number of aromatic nitrogens is 1. The van der Waals surface area contributed by atoms with Crippen LogP contribution in [0.25, 0.3) is 0 Å². The highest BCUT2D eigenvalue weighted by atomic mass is 32.2. The number of nitrogens with one attached hydrogen (secondary N) is 2. The minimum Gasteiger partial charge on any atom is -0.492 e. The lowest BCUT2D eigenvalue weighted by molar-refractivity contribution is -0.113. The van der Waals surface area contributed by atoms with Gasteiger partial charge in [-0.1, -0.05) is 19.1 Å². The van der Waals surface area contributed by atoms with E-state index >= 15 is 0 Å². The van der Waals surface area contributed by atoms with Crippen molar-refractivity contribution in [1.82, 2.24) is 4.98 Å². The van der Waals surface area contributed by atoms with Gasteiger partial charge in [0.05, 0.1) is 24.7 Å². The molecule has 1 unspecified atom stereocenters. The van der Waals surface area contributed by atoms with Crippen LogP contribution in [0, 0.1) is 0 Å². The van der Waals surface area contributed by atoms with Gasteiger partial charge in [-0.3, -0.25) is 13.8 Å². The average Bonchev–Trinajstić information content (AvgIpc) is 2.62. The van der Waals surface area contributed by atoms with Crippen molar-refractivity contribution in [2.75, 3.05) is 24.3 Å². The largest absolute Gasteiger partial charge is 0.492 e. The molecule has 1 atom stereocenters. The lowest BCUT2D eigenvalue weighted by Gasteiger charge is -2.11. The molecule has 1 aromatic carbocycles. The summed E-state index contributed by atoms with van der Waals surface area (Å²) in [5.41, 5.74) is 0.751. The number of ether oxygens (including phenoxy) is 2. The third-order valence-electron chi connectivity index (χ3n) is 3.47. The Labute approximate surface area is 160 Å². The van der Waals surface area contributed by atoms with Crippen LogP contribution < -0.4 is 20.2 Å². The van der Waals surface area contributed by atoms with E-state index in [4.69, 9.17) is 9.47 Å². The van der Waals surface area contributed by atoms with Gasteiger partial charge in [-0.05, 0) is 25.5 Å². The van der Waals surface area contributed by atoms with Crippen LogP contribution in [0.3, 0.4) is 0 Å². The molecule has 0 radical (unpaired) electrons. The van der Waals surface area contributed by atoms with Crippen molar-refractivity contribution in [3.63, 3.8) is 0 Å². The lowest BCUT2D eigenvalue weighted by atomic mass is 10.3. The van der Waals surface area contributed by atoms with Gasteiger partial charge in [0, 0.05) is 28.8 Å². The molecule has 1 aromatic heterocycles. The number of pyridine rings is 1. The zero-order valence-electron chi connectivity index (χ0n) is 15.4. The Bertz CT molecular complexity index is 850. The fraction of sp³-hybridized carbons (Fsp3) is 0.368. The normalized spacial score (nSPS) is 11.6. The van der Waals surface area contributed by atoms with Gasteiger partial charge in [-0.15, -0.1) is 0 Å². The molecule has 146 valence electrons. The highest BCUT2D eigenvalue weighted by Gasteiger charge is 2.13. The number of amides is 1. The molecule has 0 saturated carbocycles. The predicted molar refractivity (Wildman–Crippen MR) is 106 cm³/mol. The molecule has 2 N–H and O–H groups in total. The molecular weight excluding hydrogens is 368 g/mol. The Kier molecular flexibility index (Phi) is 8.06. The summed E-state index contributed by atoms with van der Waals surface area (Å²) in [5, 5.41) is 2.71. The van der Waals surface area contributed by atoms with E-state index in [0.29, 0.717) is 30.3 Å². The molecule has 0 bridgehead atoms. The van der Waals surface area contributed by atoms with E-state index in [1.165, 1.54) is 12.3 Å². The second kappa shape index (κ2) is 10.5. The molecule has 0 spiro atoms. The number of hydrogen-bond donors (Lipinski definition) is 2. The van der Waals surface area contributed by atoms with Crippen LogP contribution in [0.2, 0.25) is 0 Å². The molecule has 27 heavy (non-hydrogen) atoms. The van der Waals surface area contributed by atoms with Crippen LogP contribution in [0.1, 0.15) is 26.0 Å². The zero-order chi connectivity index (χ0) is 19.6. The summed E-state index contributed by atoms with van der Waals surface area (Å²) in [6.07, 6.45) is 2.26. The third kappa shape index (κ3) is 6.56. The average molecular weight is 392 g/mol. The minimum atomic E-state index is -1.47. The Morgan fingerprint density at radius 1 is 1.19 bits per heavy atom. The molecule has 7 nitrogen and oxygen atoms in total. The Balaban J connectivity index is 1.93. The number of H-pyrrole nitrogens is 1. The lowest BCUT2D eigenvalue weighted by Crippen LogP contribution is -2.21. The zero-order valence-corrected chi connectivity index (χ0v) is 16.3. The molecule has 0 aliphatic heterocycles. The van der Waals surface area contributed by atoms with Gasteiger partial charge in [0.2, 0.25) is 11.3 Å². The van der Waals surface area contributed by atoms with E-state index in [1.807, 2.05) is 19.9 Å². The second-order valence-electron chi connectivity index (χ2n) is 5.74. The smallest absolute Gasteiger partial charge is 0.237 e. The molecule has 2 aromatic rings. The predicted octanol–water partition coefficient (Wildman–Crippen LogP) is 2.45. The first-order chi connectivity index (χ1) is 13.0. The van der Waals surface area contributed by atoms with Crippen LogP contribution in [0.15, 0.2) is 41.3 Å². The Morgan fingerprint density at radius 3 is 2.67 bits per heavy atom. The highest BCUT2D eigenvalue weighted by molar-refractivity contribution is 7.84. The minimum absolute atomic E-state index is 0.0732. The van der Waals surface area contributed by atoms with E-state index in [1.54, 1.807) is 18.2 Å². The molecule has 0 fully saturated rings. The van der Waals surface area contributed by atoms with Crippen LogP contribution in [0.5, 0.6) is 11.5 Å². The van der Waals surface area contributed by atoms with Gasteiger partial charge in [0.1, 0.15) is 11.5 Å². The van der Waals surface area contributed by atoms with Gasteiger partial charge in [-0.2, -0.15) is 0 Å². The third-order valence-corrected chi connectivity index (χ3v) is 4.69. The van der Waals surface area contributed by atoms with E-state index in [2.05, 4.69) is 10.3 Å². The molecule has 0 aliphatic rings. The van der Waals surface area contributed by atoms with Crippen LogP contribution in [-0.2, 0) is 21.3 Å². The first kappa shape index (κ1) is 20.7. The molecule has 1 heterocycles. The monoisotopic (exact) mass is 392 g/mol. The topological polar surface area (TPSA) is 97.5 Å². The molecule has 8 heteroatoms. The van der Waals surface area contributed by atoms with E-state index in [0.717, 1.165) is 6.42 Å². The van der Waals surface area contributed by atoms with Gasteiger partial charge in [-0.25, -0.2) is 0 Å². The Hall–Kier alpha value is -2.61. The van der Waals surface area contributed by atoms with Gasteiger partial charge in [0.15, 0.2) is 5.75 Å². The quantitative estimate of drug-likeness (QED) is 0.647. The van der Waals surface area contributed by atoms with Crippen molar-refractivity contribution in [1.29, 1.82) is 0 Å². The van der Waals surface area contributed by atoms with Crippen LogP contribution >= 0.6 is 0 Å². The van der Waals surface area contributed by atoms with E-state index in [-0.39, 0.29) is 28.6 Å². The van der Waals surface area contributed by atoms with Crippen molar-refractivity contribution in [3.05, 3.63) is 52.4 Å². The number of rotatable bonds is 10. The maximum Gasteiger partial charge on any atom is 0.237 e. The fourth-order valence-corrected chi connectivity index (χ4v) is 3.30. The van der Waals surface area contributed by atoms with Crippen molar-refractivity contribution in [3.8, 4) is 11.5 Å². The molecule has 1 amide bonds. The number of anilines is 1. The number of hydrogen-bond acceptors (Lipinski definition) is 5. The summed E-state index contributed by atoms with van der Waals surface area (Å²) in [5.74, 6) is 0.300. The number of para-hydroxylation sites is 2. The Morgan fingerprint density at radius 2 is 1.96 bits per heavy atom. The summed E-state index contributed by atoms with van der Waals surface area (Å²) in [4.78, 5) is 27.0. The van der Waals surface area contributed by atoms with Crippen molar-refractivity contribution >= 4 is 22.4 Å². The van der Waals surface area contributed by atoms with Crippen LogP contribution in [-0.4, -0.2) is 34.1 Å². The maximum absolute atomic E-state index is 12.3. The van der Waals surface area contributed by atoms with Crippen molar-refractivity contribution in [2.24, 2.45) is 0 Å². The summed E-state index contributed by atoms with van der Waals surface area (Å²) in [6.45, 7) is 4.73. The van der Waals surface area contributed by atoms with Crippen molar-refractivity contribution < 1.29 is 18.5 Å². The molecule has 2 rings (SSSR count). The number of carbonyl (C=O) groups is 1. The van der Waals surface area contributed by atoms with Gasteiger partial charge in [0.25, 0.3) is 0 Å². The second-order valence-corrected chi connectivity index (χ2v) is 7.20. The van der Waals surface area contributed by atoms with Crippen LogP contribution in [0.4, 0.5) is 5.69 Å². The van der Waals surface area contributed by atoms with E-state index < -0.39 is 10.8 Å². The van der Waals surface area contributed by atoms with Crippen molar-refractivity contribution in [2.45, 2.75) is 26.0 Å². The first-order valence-electron chi connectivity index (χ1n) is 8.74. The highest BCUT2D eigenvalue weighted by Crippen LogP contribution is 2.23. The number of benzene rings is 1.